The lowest BCUT2D eigenvalue weighted by Gasteiger charge is -2.28. The molecule has 0 bridgehead atoms. The average molecular weight is 368 g/mol. The summed E-state index contributed by atoms with van der Waals surface area (Å²) in [6.07, 6.45) is 1.86. The monoisotopic (exact) mass is 368 g/mol. The molecule has 0 amide bonds. The number of Topliss-reactive ketones (excluding diaryl/α,β-unsaturated/α-hetero) is 1. The third-order valence-electron chi connectivity index (χ3n) is 4.85. The van der Waals surface area contributed by atoms with Gasteiger partial charge in [0, 0.05) is 11.6 Å². The highest BCUT2D eigenvalue weighted by atomic mass is 16.5. The topological polar surface area (TPSA) is 87.0 Å². The molecule has 0 spiro atoms. The van der Waals surface area contributed by atoms with E-state index < -0.39 is 6.10 Å². The number of hydrogen-bond donors (Lipinski definition) is 3. The van der Waals surface area contributed by atoms with E-state index in [0.29, 0.717) is 23.1 Å². The number of aromatic hydroxyl groups is 3. The van der Waals surface area contributed by atoms with Gasteiger partial charge in [-0.3, -0.25) is 4.79 Å². The van der Waals surface area contributed by atoms with E-state index in [9.17, 15) is 20.1 Å². The SMILES string of the molecule is CC(C)=CCc1c(O)cc(O)c2c1OC(c1cc(C)c(O)c(C)c1)CC2=O. The fourth-order valence-corrected chi connectivity index (χ4v) is 3.39. The van der Waals surface area contributed by atoms with Gasteiger partial charge in [0.15, 0.2) is 5.78 Å². The minimum atomic E-state index is -0.547. The van der Waals surface area contributed by atoms with E-state index in [0.717, 1.165) is 11.1 Å². The molecule has 2 aromatic rings. The van der Waals surface area contributed by atoms with E-state index >= 15 is 0 Å². The molecule has 0 saturated carbocycles. The van der Waals surface area contributed by atoms with Crippen molar-refractivity contribution >= 4 is 5.78 Å². The van der Waals surface area contributed by atoms with Crippen LogP contribution < -0.4 is 4.74 Å². The van der Waals surface area contributed by atoms with Crippen LogP contribution in [-0.2, 0) is 6.42 Å². The first kappa shape index (κ1) is 18.8. The Morgan fingerprint density at radius 1 is 1.11 bits per heavy atom. The molecule has 2 aromatic carbocycles. The van der Waals surface area contributed by atoms with Gasteiger partial charge in [-0.05, 0) is 62.9 Å². The van der Waals surface area contributed by atoms with Crippen molar-refractivity contribution in [2.75, 3.05) is 0 Å². The van der Waals surface area contributed by atoms with E-state index in [1.807, 2.05) is 19.9 Å². The number of benzene rings is 2. The number of hydrogen-bond acceptors (Lipinski definition) is 5. The van der Waals surface area contributed by atoms with Crippen molar-refractivity contribution in [1.82, 2.24) is 0 Å². The number of phenolic OH excluding ortho intramolecular Hbond substituents is 3. The van der Waals surface area contributed by atoms with E-state index in [1.165, 1.54) is 6.07 Å². The molecule has 1 atom stereocenters. The number of allylic oxidation sites excluding steroid dienone is 2. The first-order valence-electron chi connectivity index (χ1n) is 8.90. The molecule has 1 unspecified atom stereocenters. The summed E-state index contributed by atoms with van der Waals surface area (Å²) in [5, 5.41) is 30.5. The van der Waals surface area contributed by atoms with E-state index in [-0.39, 0.29) is 40.8 Å². The van der Waals surface area contributed by atoms with Gasteiger partial charge in [-0.15, -0.1) is 0 Å². The molecule has 0 fully saturated rings. The maximum absolute atomic E-state index is 12.7. The lowest BCUT2D eigenvalue weighted by atomic mass is 9.91. The highest BCUT2D eigenvalue weighted by Crippen LogP contribution is 2.46. The highest BCUT2D eigenvalue weighted by Gasteiger charge is 2.33. The van der Waals surface area contributed by atoms with Crippen LogP contribution in [-0.4, -0.2) is 21.1 Å². The van der Waals surface area contributed by atoms with Crippen LogP contribution in [0.5, 0.6) is 23.0 Å². The molecule has 1 aliphatic heterocycles. The molecule has 142 valence electrons. The number of carbonyl (C=O) groups is 1. The largest absolute Gasteiger partial charge is 0.507 e. The van der Waals surface area contributed by atoms with E-state index in [4.69, 9.17) is 4.74 Å². The van der Waals surface area contributed by atoms with E-state index in [2.05, 4.69) is 0 Å². The summed E-state index contributed by atoms with van der Waals surface area (Å²) in [6, 6.07) is 4.79. The van der Waals surface area contributed by atoms with Crippen LogP contribution in [0.2, 0.25) is 0 Å². The van der Waals surface area contributed by atoms with Crippen molar-refractivity contribution in [3.63, 3.8) is 0 Å². The van der Waals surface area contributed by atoms with Crippen LogP contribution in [0.1, 0.15) is 59.0 Å². The van der Waals surface area contributed by atoms with Crippen molar-refractivity contribution in [3.8, 4) is 23.0 Å². The van der Waals surface area contributed by atoms with Gasteiger partial charge >= 0.3 is 0 Å². The molecule has 3 rings (SSSR count). The maximum atomic E-state index is 12.7. The van der Waals surface area contributed by atoms with Crippen molar-refractivity contribution < 1.29 is 24.9 Å². The average Bonchev–Trinajstić information content (AvgIpc) is 2.57. The molecule has 1 aliphatic rings. The molecule has 3 N–H and O–H groups in total. The summed E-state index contributed by atoms with van der Waals surface area (Å²) in [4.78, 5) is 12.7. The molecular formula is C22H24O5. The molecule has 5 nitrogen and oxygen atoms in total. The lowest BCUT2D eigenvalue weighted by molar-refractivity contribution is 0.0842. The fraction of sp³-hybridized carbons (Fsp3) is 0.318. The molecule has 0 radical (unpaired) electrons. The Bertz CT molecular complexity index is 929. The quantitative estimate of drug-likeness (QED) is 0.687. The van der Waals surface area contributed by atoms with Crippen LogP contribution in [0, 0.1) is 13.8 Å². The summed E-state index contributed by atoms with van der Waals surface area (Å²) < 4.78 is 6.11. The van der Waals surface area contributed by atoms with Gasteiger partial charge in [0.1, 0.15) is 34.7 Å². The minimum Gasteiger partial charge on any atom is -0.507 e. The molecular weight excluding hydrogens is 344 g/mol. The van der Waals surface area contributed by atoms with Crippen LogP contribution in [0.4, 0.5) is 0 Å². The third kappa shape index (κ3) is 3.50. The van der Waals surface area contributed by atoms with Crippen LogP contribution >= 0.6 is 0 Å². The second kappa shape index (κ2) is 6.99. The molecule has 0 aliphatic carbocycles. The zero-order valence-corrected chi connectivity index (χ0v) is 16.0. The van der Waals surface area contributed by atoms with Crippen molar-refractivity contribution in [2.45, 2.75) is 46.6 Å². The number of ether oxygens (including phenoxy) is 1. The van der Waals surface area contributed by atoms with Gasteiger partial charge in [0.25, 0.3) is 0 Å². The Morgan fingerprint density at radius 2 is 1.74 bits per heavy atom. The Kier molecular flexibility index (Phi) is 4.87. The fourth-order valence-electron chi connectivity index (χ4n) is 3.39. The van der Waals surface area contributed by atoms with Gasteiger partial charge in [-0.25, -0.2) is 0 Å². The summed E-state index contributed by atoms with van der Waals surface area (Å²) in [5.41, 5.74) is 3.85. The van der Waals surface area contributed by atoms with Gasteiger partial charge in [-0.2, -0.15) is 0 Å². The highest BCUT2D eigenvalue weighted by molar-refractivity contribution is 6.03. The number of aryl methyl sites for hydroxylation is 2. The summed E-state index contributed by atoms with van der Waals surface area (Å²) in [5.74, 6) is -0.156. The number of rotatable bonds is 3. The van der Waals surface area contributed by atoms with Gasteiger partial charge < -0.3 is 20.1 Å². The normalized spacial score (nSPS) is 15.9. The molecule has 1 heterocycles. The number of ketones is 1. The number of carbonyl (C=O) groups excluding carboxylic acids is 1. The number of phenols is 3. The predicted octanol–water partition coefficient (Wildman–Crippen LogP) is 4.64. The third-order valence-corrected chi connectivity index (χ3v) is 4.85. The van der Waals surface area contributed by atoms with Gasteiger partial charge in [0.2, 0.25) is 0 Å². The van der Waals surface area contributed by atoms with Crippen LogP contribution in [0.25, 0.3) is 0 Å². The molecule has 0 aromatic heterocycles. The Morgan fingerprint density at radius 3 is 2.33 bits per heavy atom. The lowest BCUT2D eigenvalue weighted by Crippen LogP contribution is -2.22. The second-order valence-corrected chi connectivity index (χ2v) is 7.32. The second-order valence-electron chi connectivity index (χ2n) is 7.32. The molecule has 5 heteroatoms. The Hall–Kier alpha value is -2.95. The zero-order valence-electron chi connectivity index (χ0n) is 16.0. The first-order chi connectivity index (χ1) is 12.7. The minimum absolute atomic E-state index is 0.0804. The smallest absolute Gasteiger partial charge is 0.174 e. The van der Waals surface area contributed by atoms with Crippen molar-refractivity contribution in [2.24, 2.45) is 0 Å². The van der Waals surface area contributed by atoms with Crippen molar-refractivity contribution in [3.05, 3.63) is 57.7 Å². The summed E-state index contributed by atoms with van der Waals surface area (Å²) in [7, 11) is 0. The van der Waals surface area contributed by atoms with E-state index in [1.54, 1.807) is 26.0 Å². The Balaban J connectivity index is 2.10. The Labute approximate surface area is 158 Å². The summed E-state index contributed by atoms with van der Waals surface area (Å²) in [6.45, 7) is 7.48. The first-order valence-corrected chi connectivity index (χ1v) is 8.90. The van der Waals surface area contributed by atoms with Crippen LogP contribution in [0.3, 0.4) is 0 Å². The van der Waals surface area contributed by atoms with Crippen molar-refractivity contribution in [1.29, 1.82) is 0 Å². The maximum Gasteiger partial charge on any atom is 0.174 e. The predicted molar refractivity (Wildman–Crippen MR) is 103 cm³/mol. The molecule has 27 heavy (non-hydrogen) atoms. The van der Waals surface area contributed by atoms with Gasteiger partial charge in [-0.1, -0.05) is 11.6 Å². The standard InChI is InChI=1S/C22H24O5/c1-11(2)5-6-15-16(23)9-17(24)20-18(25)10-19(27-22(15)20)14-7-12(3)21(26)13(4)8-14/h5,7-9,19,23-24,26H,6,10H2,1-4H3. The summed E-state index contributed by atoms with van der Waals surface area (Å²) >= 11 is 0. The zero-order chi connectivity index (χ0) is 19.9. The molecule has 0 saturated heterocycles. The number of fused-ring (bicyclic) bond motifs is 1. The van der Waals surface area contributed by atoms with Gasteiger partial charge in [0.05, 0.1) is 6.42 Å². The van der Waals surface area contributed by atoms with Crippen LogP contribution in [0.15, 0.2) is 29.8 Å².